The number of piperidine rings is 1. The van der Waals surface area contributed by atoms with E-state index < -0.39 is 23.3 Å². The molecule has 7 nitrogen and oxygen atoms in total. The third-order valence-corrected chi connectivity index (χ3v) is 5.82. The quantitative estimate of drug-likeness (QED) is 0.550. The Morgan fingerprint density at radius 1 is 1.23 bits per heavy atom. The topological polar surface area (TPSA) is 79.0 Å². The third-order valence-electron chi connectivity index (χ3n) is 5.82. The van der Waals surface area contributed by atoms with Gasteiger partial charge in [0.15, 0.2) is 17.8 Å². The summed E-state index contributed by atoms with van der Waals surface area (Å²) in [6.07, 6.45) is -0.443. The van der Waals surface area contributed by atoms with E-state index in [1.807, 2.05) is 13.8 Å². The van der Waals surface area contributed by atoms with Gasteiger partial charge in [-0.05, 0) is 56.7 Å². The molecule has 0 spiro atoms. The van der Waals surface area contributed by atoms with Gasteiger partial charge in [-0.1, -0.05) is 0 Å². The number of likely N-dealkylation sites (tertiary alicyclic amines) is 1. The monoisotopic (exact) mass is 438 g/mol. The number of fused-ring (bicyclic) bond motifs is 2. The summed E-state index contributed by atoms with van der Waals surface area (Å²) in [5, 5.41) is 16.9. The van der Waals surface area contributed by atoms with Gasteiger partial charge in [-0.25, -0.2) is 9.07 Å². The minimum absolute atomic E-state index is 0.0887. The molecule has 0 radical (unpaired) electrons. The van der Waals surface area contributed by atoms with Crippen molar-refractivity contribution in [3.8, 4) is 18.0 Å². The van der Waals surface area contributed by atoms with Crippen molar-refractivity contribution in [2.75, 3.05) is 18.4 Å². The number of nitrogens with zero attached hydrogens (tertiary/aromatic N) is 5. The first-order valence-electron chi connectivity index (χ1n) is 10.1. The van der Waals surface area contributed by atoms with E-state index in [2.05, 4.69) is 21.6 Å². The van der Waals surface area contributed by atoms with Crippen molar-refractivity contribution >= 4 is 5.95 Å². The highest BCUT2D eigenvalue weighted by molar-refractivity contribution is 5.35. The number of hydrogen-bond acceptors (Lipinski definition) is 6. The predicted octanol–water partition coefficient (Wildman–Crippen LogP) is 4.41. The summed E-state index contributed by atoms with van der Waals surface area (Å²) < 4.78 is 60.0. The lowest BCUT2D eigenvalue weighted by atomic mass is 9.92. The maximum atomic E-state index is 14.1. The van der Waals surface area contributed by atoms with Gasteiger partial charge in [-0.3, -0.25) is 0 Å². The molecule has 2 fully saturated rings. The van der Waals surface area contributed by atoms with Crippen LogP contribution in [0.5, 0.6) is 11.8 Å². The van der Waals surface area contributed by atoms with Crippen molar-refractivity contribution in [2.45, 2.75) is 44.9 Å². The minimum atomic E-state index is -4.62. The molecule has 1 unspecified atom stereocenters. The maximum absolute atomic E-state index is 14.1. The van der Waals surface area contributed by atoms with Crippen molar-refractivity contribution in [1.29, 1.82) is 5.26 Å². The Kier molecular flexibility index (Phi) is 5.41. The van der Waals surface area contributed by atoms with E-state index in [0.717, 1.165) is 12.8 Å². The molecule has 1 saturated heterocycles. The van der Waals surface area contributed by atoms with E-state index in [0.29, 0.717) is 31.3 Å². The lowest BCUT2D eigenvalue weighted by molar-refractivity contribution is -0.137. The Hall–Kier alpha value is -3.03. The molecule has 2 aliphatic rings. The van der Waals surface area contributed by atoms with Gasteiger partial charge in [-0.2, -0.15) is 23.4 Å². The largest absolute Gasteiger partial charge is 0.421 e. The van der Waals surface area contributed by atoms with E-state index in [4.69, 9.17) is 4.74 Å². The normalized spacial score (nSPS) is 23.2. The van der Waals surface area contributed by atoms with Gasteiger partial charge in [-0.15, -0.1) is 5.10 Å². The molecule has 1 N–H and O–H groups in total. The molecule has 1 saturated carbocycles. The average molecular weight is 438 g/mol. The van der Waals surface area contributed by atoms with Crippen LogP contribution in [0.2, 0.25) is 0 Å². The van der Waals surface area contributed by atoms with Crippen LogP contribution < -0.4 is 10.1 Å². The van der Waals surface area contributed by atoms with Crippen LogP contribution in [0.3, 0.4) is 0 Å². The van der Waals surface area contributed by atoms with Crippen LogP contribution in [0.15, 0.2) is 18.2 Å². The van der Waals surface area contributed by atoms with E-state index in [-0.39, 0.29) is 35.9 Å². The van der Waals surface area contributed by atoms with Gasteiger partial charge in [0.05, 0.1) is 11.6 Å². The zero-order valence-corrected chi connectivity index (χ0v) is 17.0. The standard InChI is InChI=1S/C20H22F4N6O/c1-11(2)30-19(31-16-7-14(20(22,23)24)5-6-15(16)21)27-18(28-30)26-17-12-3-4-13(17)9-29(8-12)10-25/h5-7,11-13,17H,3-4,8-9H2,1-2H3,(H,26,28)/t12-,13+,17?. The number of ether oxygens (including phenoxy) is 1. The van der Waals surface area contributed by atoms with Crippen molar-refractivity contribution in [3.05, 3.63) is 29.6 Å². The summed E-state index contributed by atoms with van der Waals surface area (Å²) in [7, 11) is 0. The molecule has 31 heavy (non-hydrogen) atoms. The zero-order chi connectivity index (χ0) is 22.3. The molecule has 3 atom stereocenters. The van der Waals surface area contributed by atoms with Crippen LogP contribution in [0, 0.1) is 29.1 Å². The number of anilines is 1. The fourth-order valence-electron chi connectivity index (χ4n) is 4.32. The van der Waals surface area contributed by atoms with Crippen molar-refractivity contribution in [2.24, 2.45) is 11.8 Å². The van der Waals surface area contributed by atoms with Gasteiger partial charge >= 0.3 is 12.2 Å². The van der Waals surface area contributed by atoms with Crippen LogP contribution >= 0.6 is 0 Å². The third kappa shape index (κ3) is 4.24. The molecule has 4 rings (SSSR count). The molecule has 1 aliphatic heterocycles. The van der Waals surface area contributed by atoms with Crippen LogP contribution in [0.1, 0.15) is 38.3 Å². The van der Waals surface area contributed by atoms with Gasteiger partial charge in [0.2, 0.25) is 5.95 Å². The maximum Gasteiger partial charge on any atom is 0.416 e. The van der Waals surface area contributed by atoms with Crippen molar-refractivity contribution in [1.82, 2.24) is 19.7 Å². The molecule has 1 aliphatic carbocycles. The van der Waals surface area contributed by atoms with Crippen LogP contribution in [-0.2, 0) is 6.18 Å². The first kappa shape index (κ1) is 21.2. The lowest BCUT2D eigenvalue weighted by Gasteiger charge is -2.35. The van der Waals surface area contributed by atoms with Crippen molar-refractivity contribution in [3.63, 3.8) is 0 Å². The van der Waals surface area contributed by atoms with E-state index in [9.17, 15) is 22.8 Å². The Morgan fingerprint density at radius 3 is 2.48 bits per heavy atom. The summed E-state index contributed by atoms with van der Waals surface area (Å²) in [6.45, 7) is 4.94. The summed E-state index contributed by atoms with van der Waals surface area (Å²) in [5.41, 5.74) is -1.02. The highest BCUT2D eigenvalue weighted by Gasteiger charge is 2.42. The van der Waals surface area contributed by atoms with E-state index in [1.165, 1.54) is 4.68 Å². The Labute approximate surface area is 176 Å². The molecule has 2 aromatic rings. The molecule has 0 amide bonds. The molecule has 11 heteroatoms. The van der Waals surface area contributed by atoms with Gasteiger partial charge in [0.25, 0.3) is 0 Å². The Bertz CT molecular complexity index is 985. The first-order valence-corrected chi connectivity index (χ1v) is 10.1. The number of nitrogens with one attached hydrogen (secondary N) is 1. The fourth-order valence-corrected chi connectivity index (χ4v) is 4.32. The summed E-state index contributed by atoms with van der Waals surface area (Å²) >= 11 is 0. The molecule has 166 valence electrons. The number of alkyl halides is 3. The molecule has 2 bridgehead atoms. The molecule has 2 heterocycles. The second-order valence-electron chi connectivity index (χ2n) is 8.27. The number of aromatic nitrogens is 3. The lowest BCUT2D eigenvalue weighted by Crippen LogP contribution is -2.46. The Morgan fingerprint density at radius 2 is 1.90 bits per heavy atom. The molecule has 1 aromatic heterocycles. The minimum Gasteiger partial charge on any atom is -0.421 e. The number of rotatable bonds is 5. The van der Waals surface area contributed by atoms with Crippen LogP contribution in [0.25, 0.3) is 0 Å². The summed E-state index contributed by atoms with van der Waals surface area (Å²) in [6, 6.07) is 1.76. The highest BCUT2D eigenvalue weighted by atomic mass is 19.4. The summed E-state index contributed by atoms with van der Waals surface area (Å²) in [5.74, 6) is -0.687. The molecular formula is C20H22F4N6O. The second-order valence-corrected chi connectivity index (χ2v) is 8.27. The SMILES string of the molecule is CC(C)n1nc(NC2[C@@H]3CC[C@H]2CN(C#N)C3)nc1Oc1cc(C(F)(F)F)ccc1F. The van der Waals surface area contributed by atoms with Crippen LogP contribution in [0.4, 0.5) is 23.5 Å². The zero-order valence-electron chi connectivity index (χ0n) is 17.0. The smallest absolute Gasteiger partial charge is 0.416 e. The van der Waals surface area contributed by atoms with Gasteiger partial charge < -0.3 is 15.0 Å². The number of hydrogen-bond donors (Lipinski definition) is 1. The van der Waals surface area contributed by atoms with Crippen molar-refractivity contribution < 1.29 is 22.3 Å². The highest BCUT2D eigenvalue weighted by Crippen LogP contribution is 2.39. The Balaban J connectivity index is 1.57. The number of nitriles is 1. The predicted molar refractivity (Wildman–Crippen MR) is 103 cm³/mol. The molecular weight excluding hydrogens is 416 g/mol. The summed E-state index contributed by atoms with van der Waals surface area (Å²) in [4.78, 5) is 6.04. The number of halogens is 4. The molecule has 1 aromatic carbocycles. The number of benzene rings is 1. The first-order chi connectivity index (χ1) is 14.7. The average Bonchev–Trinajstić information content (AvgIpc) is 3.19. The van der Waals surface area contributed by atoms with E-state index >= 15 is 0 Å². The van der Waals surface area contributed by atoms with Gasteiger partial charge in [0.1, 0.15) is 0 Å². The van der Waals surface area contributed by atoms with Crippen LogP contribution in [-0.4, -0.2) is 38.8 Å². The van der Waals surface area contributed by atoms with Gasteiger partial charge in [0, 0.05) is 19.1 Å². The fraction of sp³-hybridized carbons (Fsp3) is 0.550. The van der Waals surface area contributed by atoms with E-state index in [1.54, 1.807) is 4.90 Å². The second kappa shape index (κ2) is 7.90.